The number of alkyl halides is 2. The predicted octanol–water partition coefficient (Wildman–Crippen LogP) is 3.19. The Morgan fingerprint density at radius 1 is 1.14 bits per heavy atom. The summed E-state index contributed by atoms with van der Waals surface area (Å²) in [6.45, 7) is 4.18. The first-order chi connectivity index (χ1) is 3.33. The van der Waals surface area contributed by atoms with Gasteiger partial charge >= 0.3 is 0 Å². The fourth-order valence-corrected chi connectivity index (χ4v) is 0. The minimum Gasteiger partial charge on any atom is -0.0931 e. The van der Waals surface area contributed by atoms with E-state index in [-0.39, 0.29) is 0 Å². The molecule has 0 aromatic carbocycles. The van der Waals surface area contributed by atoms with Gasteiger partial charge in [-0.2, -0.15) is 0 Å². The van der Waals surface area contributed by atoms with Gasteiger partial charge in [-0.15, -0.1) is 0 Å². The minimum absolute atomic E-state index is 1.06. The Morgan fingerprint density at radius 2 is 1.29 bits per heavy atom. The van der Waals surface area contributed by atoms with Gasteiger partial charge in [0.15, 0.2) is 0 Å². The van der Waals surface area contributed by atoms with Crippen LogP contribution in [0.15, 0.2) is 0 Å². The standard InChI is InChI=1S/C3H7Br.C2H5Br/c1-2-3-4;1-2-3/h2-3H2,1H3;2H2,1H3. The predicted molar refractivity (Wildman–Crippen MR) is 43.6 cm³/mol. The second-order valence-corrected chi connectivity index (χ2v) is 2.87. The van der Waals surface area contributed by atoms with Gasteiger partial charge in [-0.25, -0.2) is 0 Å². The van der Waals surface area contributed by atoms with E-state index in [4.69, 9.17) is 0 Å². The van der Waals surface area contributed by atoms with Crippen LogP contribution in [0.2, 0.25) is 0 Å². The second-order valence-electron chi connectivity index (χ2n) is 0.956. The maximum atomic E-state index is 3.25. The third-order valence-corrected chi connectivity index (χ3v) is 0.982. The van der Waals surface area contributed by atoms with Gasteiger partial charge < -0.3 is 0 Å². The van der Waals surface area contributed by atoms with E-state index >= 15 is 0 Å². The summed E-state index contributed by atoms with van der Waals surface area (Å²) in [5.41, 5.74) is 0. The van der Waals surface area contributed by atoms with Crippen LogP contribution >= 0.6 is 31.9 Å². The molecule has 0 bridgehead atoms. The first kappa shape index (κ1) is 10.9. The lowest BCUT2D eigenvalue weighted by atomic mass is 10.6. The molecule has 0 aromatic heterocycles. The van der Waals surface area contributed by atoms with Crippen molar-refractivity contribution in [1.82, 2.24) is 0 Å². The monoisotopic (exact) mass is 230 g/mol. The summed E-state index contributed by atoms with van der Waals surface area (Å²) in [6.07, 6.45) is 1.24. The highest BCUT2D eigenvalue weighted by Gasteiger charge is 1.58. The van der Waals surface area contributed by atoms with Crippen LogP contribution in [-0.2, 0) is 0 Å². The lowest BCUT2D eigenvalue weighted by Gasteiger charge is -1.66. The molecule has 0 radical (unpaired) electrons. The van der Waals surface area contributed by atoms with Gasteiger partial charge in [-0.05, 0) is 6.42 Å². The molecule has 0 heterocycles. The van der Waals surface area contributed by atoms with Crippen molar-refractivity contribution >= 4 is 31.9 Å². The van der Waals surface area contributed by atoms with Crippen LogP contribution in [0.3, 0.4) is 0 Å². The summed E-state index contributed by atoms with van der Waals surface area (Å²) < 4.78 is 0. The van der Waals surface area contributed by atoms with Gasteiger partial charge in [-0.3, -0.25) is 0 Å². The van der Waals surface area contributed by atoms with Crippen LogP contribution in [-0.4, -0.2) is 10.7 Å². The molecule has 0 N–H and O–H groups in total. The Labute approximate surface area is 62.9 Å². The summed E-state index contributed by atoms with van der Waals surface area (Å²) in [4.78, 5) is 0. The molecule has 0 aliphatic rings. The van der Waals surface area contributed by atoms with Crippen LogP contribution in [0.5, 0.6) is 0 Å². The third kappa shape index (κ3) is 44.6. The Morgan fingerprint density at radius 3 is 1.29 bits per heavy atom. The topological polar surface area (TPSA) is 0 Å². The molecule has 0 fully saturated rings. The molecule has 0 unspecified atom stereocenters. The average molecular weight is 232 g/mol. The molecule has 0 atom stereocenters. The Balaban J connectivity index is 0. The molecule has 0 spiro atoms. The normalized spacial score (nSPS) is 6.86. The van der Waals surface area contributed by atoms with Crippen molar-refractivity contribution in [2.75, 3.05) is 10.7 Å². The highest BCUT2D eigenvalue weighted by Crippen LogP contribution is 1.80. The van der Waals surface area contributed by atoms with E-state index in [1.165, 1.54) is 6.42 Å². The Kier molecular flexibility index (Phi) is 24.4. The van der Waals surface area contributed by atoms with Gasteiger partial charge in [0.1, 0.15) is 0 Å². The first-order valence-corrected chi connectivity index (χ1v) is 4.69. The van der Waals surface area contributed by atoms with E-state index in [2.05, 4.69) is 38.8 Å². The van der Waals surface area contributed by atoms with Crippen LogP contribution in [0.1, 0.15) is 20.3 Å². The van der Waals surface area contributed by atoms with Gasteiger partial charge in [0.05, 0.1) is 0 Å². The molecule has 0 aliphatic carbocycles. The van der Waals surface area contributed by atoms with Gasteiger partial charge in [0, 0.05) is 10.7 Å². The smallest absolute Gasteiger partial charge is 0.00286 e. The highest BCUT2D eigenvalue weighted by atomic mass is 79.9. The van der Waals surface area contributed by atoms with Gasteiger partial charge in [-0.1, -0.05) is 45.7 Å². The maximum Gasteiger partial charge on any atom is 0.00286 e. The van der Waals surface area contributed by atoms with Crippen LogP contribution in [0.25, 0.3) is 0 Å². The van der Waals surface area contributed by atoms with E-state index < -0.39 is 0 Å². The summed E-state index contributed by atoms with van der Waals surface area (Å²) >= 11 is 6.39. The number of rotatable bonds is 1. The van der Waals surface area contributed by atoms with Crippen molar-refractivity contribution in [3.8, 4) is 0 Å². The summed E-state index contributed by atoms with van der Waals surface area (Å²) in [7, 11) is 0. The number of hydrogen-bond acceptors (Lipinski definition) is 0. The largest absolute Gasteiger partial charge is 0.0931 e. The second kappa shape index (κ2) is 15.8. The van der Waals surface area contributed by atoms with Crippen molar-refractivity contribution in [2.45, 2.75) is 20.3 Å². The molecule has 46 valence electrons. The van der Waals surface area contributed by atoms with E-state index in [0.29, 0.717) is 0 Å². The van der Waals surface area contributed by atoms with Crippen LogP contribution in [0, 0.1) is 0 Å². The highest BCUT2D eigenvalue weighted by molar-refractivity contribution is 9.09. The van der Waals surface area contributed by atoms with Gasteiger partial charge in [0.2, 0.25) is 0 Å². The fraction of sp³-hybridized carbons (Fsp3) is 1.00. The maximum absolute atomic E-state index is 3.25. The summed E-state index contributed by atoms with van der Waals surface area (Å²) in [5, 5.41) is 2.19. The van der Waals surface area contributed by atoms with Crippen molar-refractivity contribution in [3.05, 3.63) is 0 Å². The molecule has 0 amide bonds. The average Bonchev–Trinajstić information content (AvgIpc) is 1.69. The molecule has 0 rings (SSSR count). The SMILES string of the molecule is CCBr.CCCBr. The zero-order valence-corrected chi connectivity index (χ0v) is 8.05. The Bertz CT molecular complexity index is 13.6. The zero-order valence-electron chi connectivity index (χ0n) is 4.88. The third-order valence-electron chi connectivity index (χ3n) is 0.189. The Hall–Kier alpha value is 0.960. The van der Waals surface area contributed by atoms with Crippen LogP contribution in [0.4, 0.5) is 0 Å². The van der Waals surface area contributed by atoms with Crippen molar-refractivity contribution in [1.29, 1.82) is 0 Å². The molecule has 0 aliphatic heterocycles. The first-order valence-electron chi connectivity index (χ1n) is 2.45. The van der Waals surface area contributed by atoms with Crippen molar-refractivity contribution in [3.63, 3.8) is 0 Å². The molecule has 0 aromatic rings. The zero-order chi connectivity index (χ0) is 6.12. The molecule has 7 heavy (non-hydrogen) atoms. The molecule has 2 heteroatoms. The summed E-state index contributed by atoms with van der Waals surface area (Å²) in [6, 6.07) is 0. The van der Waals surface area contributed by atoms with E-state index in [1.807, 2.05) is 6.92 Å². The number of halogens is 2. The fourth-order valence-electron chi connectivity index (χ4n) is 0. The van der Waals surface area contributed by atoms with E-state index in [1.54, 1.807) is 0 Å². The molecular formula is C5H12Br2. The van der Waals surface area contributed by atoms with Gasteiger partial charge in [0.25, 0.3) is 0 Å². The lowest BCUT2D eigenvalue weighted by Crippen LogP contribution is -1.54. The van der Waals surface area contributed by atoms with Crippen molar-refractivity contribution in [2.24, 2.45) is 0 Å². The van der Waals surface area contributed by atoms with Crippen molar-refractivity contribution < 1.29 is 0 Å². The quantitative estimate of drug-likeness (QED) is 0.609. The lowest BCUT2D eigenvalue weighted by molar-refractivity contribution is 1.12. The minimum atomic E-state index is 1.06. The molecule has 0 nitrogen and oxygen atoms in total. The summed E-state index contributed by atoms with van der Waals surface area (Å²) in [5.74, 6) is 0. The van der Waals surface area contributed by atoms with E-state index in [9.17, 15) is 0 Å². The number of hydrogen-bond donors (Lipinski definition) is 0. The van der Waals surface area contributed by atoms with E-state index in [0.717, 1.165) is 10.7 Å². The molecule has 0 saturated heterocycles. The molecular weight excluding hydrogens is 220 g/mol. The van der Waals surface area contributed by atoms with Crippen LogP contribution < -0.4 is 0 Å². The molecule has 0 saturated carbocycles.